The van der Waals surface area contributed by atoms with Gasteiger partial charge in [0.15, 0.2) is 0 Å². The van der Waals surface area contributed by atoms with Crippen LogP contribution in [-0.4, -0.2) is 44.5 Å². The van der Waals surface area contributed by atoms with Gasteiger partial charge in [0.2, 0.25) is 23.6 Å². The molecule has 2 fully saturated rings. The van der Waals surface area contributed by atoms with Gasteiger partial charge in [-0.1, -0.05) is 0 Å². The molecule has 0 aromatic carbocycles. The van der Waals surface area contributed by atoms with E-state index in [0.29, 0.717) is 30.7 Å². The zero-order valence-corrected chi connectivity index (χ0v) is 19.1. The van der Waals surface area contributed by atoms with Crippen LogP contribution in [-0.2, 0) is 19.2 Å². The zero-order valence-electron chi connectivity index (χ0n) is 19.1. The largest absolute Gasteiger partial charge is 0.508 e. The third-order valence-electron chi connectivity index (χ3n) is 4.93. The SMILES string of the molecule is Cc1cc(O)cc(=O)n1C1CCC(=O)NC1=O.Cc1cc(O)cc(=O)o1.NC1CCC(=O)NC1=O. The first kappa shape index (κ1) is 27.0. The number of nitrogens with zero attached hydrogens (tertiary/aromatic N) is 1. The number of carbonyl (C=O) groups excluding carboxylic acids is 4. The molecule has 0 spiro atoms. The Bertz CT molecular complexity index is 1220. The third-order valence-corrected chi connectivity index (χ3v) is 4.93. The molecule has 4 rings (SSSR count). The first-order chi connectivity index (χ1) is 16.4. The summed E-state index contributed by atoms with van der Waals surface area (Å²) in [6.45, 7) is 3.23. The summed E-state index contributed by atoms with van der Waals surface area (Å²) >= 11 is 0. The fourth-order valence-electron chi connectivity index (χ4n) is 3.32. The number of hydrogen-bond acceptors (Lipinski definition) is 10. The Kier molecular flexibility index (Phi) is 9.05. The fraction of sp³-hybridized carbons (Fsp3) is 0.364. The highest BCUT2D eigenvalue weighted by Crippen LogP contribution is 2.20. The van der Waals surface area contributed by atoms with Crippen molar-refractivity contribution in [2.75, 3.05) is 0 Å². The van der Waals surface area contributed by atoms with E-state index < -0.39 is 29.2 Å². The number of aromatic hydroxyl groups is 2. The lowest BCUT2D eigenvalue weighted by Crippen LogP contribution is -2.48. The van der Waals surface area contributed by atoms with Gasteiger partial charge < -0.3 is 24.9 Å². The minimum Gasteiger partial charge on any atom is -0.508 e. The van der Waals surface area contributed by atoms with Gasteiger partial charge in [-0.05, 0) is 32.8 Å². The Hall–Kier alpha value is -4.26. The highest BCUT2D eigenvalue weighted by Gasteiger charge is 2.29. The number of piperidine rings is 2. The molecule has 2 aromatic heterocycles. The van der Waals surface area contributed by atoms with Crippen molar-refractivity contribution in [3.8, 4) is 11.5 Å². The predicted molar refractivity (Wildman–Crippen MR) is 120 cm³/mol. The molecule has 2 atom stereocenters. The minimum absolute atomic E-state index is 0.0521. The Balaban J connectivity index is 0.000000203. The van der Waals surface area contributed by atoms with E-state index in [4.69, 9.17) is 10.8 Å². The zero-order chi connectivity index (χ0) is 26.3. The van der Waals surface area contributed by atoms with E-state index in [-0.39, 0.29) is 35.6 Å². The van der Waals surface area contributed by atoms with E-state index in [2.05, 4.69) is 15.1 Å². The number of imide groups is 2. The Morgan fingerprint density at radius 1 is 0.857 bits per heavy atom. The van der Waals surface area contributed by atoms with Crippen LogP contribution in [0.25, 0.3) is 0 Å². The van der Waals surface area contributed by atoms with Crippen LogP contribution >= 0.6 is 0 Å². The van der Waals surface area contributed by atoms with Crippen LogP contribution in [0.4, 0.5) is 0 Å². The van der Waals surface area contributed by atoms with Crippen LogP contribution in [0.15, 0.2) is 38.3 Å². The molecule has 4 heterocycles. The molecule has 0 aliphatic carbocycles. The molecular weight excluding hydrogens is 464 g/mol. The van der Waals surface area contributed by atoms with Crippen molar-refractivity contribution in [2.45, 2.75) is 51.6 Å². The van der Waals surface area contributed by atoms with Gasteiger partial charge in [0, 0.05) is 30.7 Å². The lowest BCUT2D eigenvalue weighted by atomic mass is 10.1. The van der Waals surface area contributed by atoms with Crippen molar-refractivity contribution in [3.05, 3.63) is 56.5 Å². The highest BCUT2D eigenvalue weighted by atomic mass is 16.4. The number of amides is 4. The van der Waals surface area contributed by atoms with Crippen LogP contribution in [0, 0.1) is 13.8 Å². The van der Waals surface area contributed by atoms with Crippen LogP contribution in [0.3, 0.4) is 0 Å². The molecule has 6 N–H and O–H groups in total. The highest BCUT2D eigenvalue weighted by molar-refractivity contribution is 6.00. The second-order valence-electron chi connectivity index (χ2n) is 7.83. The molecule has 13 heteroatoms. The first-order valence-corrected chi connectivity index (χ1v) is 10.5. The van der Waals surface area contributed by atoms with E-state index in [1.54, 1.807) is 13.8 Å². The van der Waals surface area contributed by atoms with E-state index in [9.17, 15) is 33.9 Å². The smallest absolute Gasteiger partial charge is 0.339 e. The molecule has 13 nitrogen and oxygen atoms in total. The number of pyridine rings is 1. The molecule has 2 aromatic rings. The maximum atomic E-state index is 11.7. The second-order valence-corrected chi connectivity index (χ2v) is 7.83. The first-order valence-electron chi connectivity index (χ1n) is 10.5. The standard InChI is InChI=1S/C11H12N2O4.C6H6O3.C5H8N2O2/c1-6-4-7(14)5-10(16)13(6)8-2-3-9(15)12-11(8)17;1-4-2-5(7)3-6(8)9-4;6-3-1-2-4(8)7-5(3)9/h4-5,8,14H,2-3H2,1H3,(H,12,15,17);2-3,7H,1H3;3H,1-2,6H2,(H,7,8,9). The molecule has 4 amide bonds. The molecule has 2 aliphatic heterocycles. The van der Waals surface area contributed by atoms with E-state index >= 15 is 0 Å². The molecular formula is C22H26N4O9. The molecule has 0 saturated carbocycles. The molecule has 0 radical (unpaired) electrons. The summed E-state index contributed by atoms with van der Waals surface area (Å²) in [4.78, 5) is 65.7. The van der Waals surface area contributed by atoms with E-state index in [1.165, 1.54) is 16.7 Å². The normalized spacial score (nSPS) is 19.4. The average Bonchev–Trinajstić information content (AvgIpc) is 2.72. The number of nitrogens with one attached hydrogen (secondary N) is 2. The van der Waals surface area contributed by atoms with Crippen molar-refractivity contribution in [3.63, 3.8) is 0 Å². The van der Waals surface area contributed by atoms with Gasteiger partial charge in [-0.25, -0.2) is 4.79 Å². The van der Waals surface area contributed by atoms with Gasteiger partial charge in [0.05, 0.1) is 12.1 Å². The van der Waals surface area contributed by atoms with E-state index in [0.717, 1.165) is 12.1 Å². The van der Waals surface area contributed by atoms with Gasteiger partial charge in [0.1, 0.15) is 23.3 Å². The third kappa shape index (κ3) is 7.92. The summed E-state index contributed by atoms with van der Waals surface area (Å²) in [6.07, 6.45) is 1.36. The van der Waals surface area contributed by atoms with E-state index in [1.807, 2.05) is 0 Å². The van der Waals surface area contributed by atoms with Crippen molar-refractivity contribution in [1.29, 1.82) is 0 Å². The summed E-state index contributed by atoms with van der Waals surface area (Å²) < 4.78 is 5.84. The maximum absolute atomic E-state index is 11.7. The summed E-state index contributed by atoms with van der Waals surface area (Å²) in [5.74, 6) is -1.14. The topological polar surface area (TPSA) is 211 Å². The summed E-state index contributed by atoms with van der Waals surface area (Å²) in [6, 6.07) is 3.69. The molecule has 35 heavy (non-hydrogen) atoms. The monoisotopic (exact) mass is 490 g/mol. The Morgan fingerprint density at radius 2 is 1.43 bits per heavy atom. The van der Waals surface area contributed by atoms with Crippen molar-refractivity contribution >= 4 is 23.6 Å². The average molecular weight is 490 g/mol. The lowest BCUT2D eigenvalue weighted by Gasteiger charge is -2.24. The van der Waals surface area contributed by atoms with Gasteiger partial charge in [0.25, 0.3) is 5.56 Å². The fourth-order valence-corrected chi connectivity index (χ4v) is 3.32. The number of aryl methyl sites for hydroxylation is 2. The van der Waals surface area contributed by atoms with Crippen LogP contribution < -0.4 is 27.6 Å². The molecule has 188 valence electrons. The van der Waals surface area contributed by atoms with Crippen LogP contribution in [0.2, 0.25) is 0 Å². The summed E-state index contributed by atoms with van der Waals surface area (Å²) in [5, 5.41) is 22.3. The minimum atomic E-state index is -0.680. The molecule has 2 saturated heterocycles. The lowest BCUT2D eigenvalue weighted by molar-refractivity contribution is -0.136. The predicted octanol–water partition coefficient (Wildman–Crippen LogP) is -0.756. The summed E-state index contributed by atoms with van der Waals surface area (Å²) in [7, 11) is 0. The number of carbonyl (C=O) groups is 4. The van der Waals surface area contributed by atoms with Gasteiger partial charge in [-0.3, -0.25) is 34.6 Å². The molecule has 0 bridgehead atoms. The number of aromatic nitrogens is 1. The van der Waals surface area contributed by atoms with Crippen molar-refractivity contribution in [2.24, 2.45) is 5.73 Å². The van der Waals surface area contributed by atoms with Crippen LogP contribution in [0.5, 0.6) is 11.5 Å². The quantitative estimate of drug-likeness (QED) is 0.315. The molecule has 2 aliphatic rings. The van der Waals surface area contributed by atoms with Crippen molar-refractivity contribution in [1.82, 2.24) is 15.2 Å². The van der Waals surface area contributed by atoms with Gasteiger partial charge >= 0.3 is 5.63 Å². The molecule has 2 unspecified atom stereocenters. The number of rotatable bonds is 1. The Labute approximate surface area is 198 Å². The second kappa shape index (κ2) is 11.7. The number of nitrogens with two attached hydrogens (primary N) is 1. The van der Waals surface area contributed by atoms with Crippen LogP contribution in [0.1, 0.15) is 43.2 Å². The van der Waals surface area contributed by atoms with Gasteiger partial charge in [-0.2, -0.15) is 0 Å². The van der Waals surface area contributed by atoms with Gasteiger partial charge in [-0.15, -0.1) is 0 Å². The summed E-state index contributed by atoms with van der Waals surface area (Å²) in [5.41, 5.74) is 4.80. The Morgan fingerprint density at radius 3 is 1.91 bits per heavy atom. The maximum Gasteiger partial charge on any atom is 0.339 e. The van der Waals surface area contributed by atoms with Crippen molar-refractivity contribution < 1.29 is 33.8 Å². The number of hydrogen-bond donors (Lipinski definition) is 5.